The lowest BCUT2D eigenvalue weighted by molar-refractivity contribution is -0.135. The number of likely N-dealkylation sites (tertiary alicyclic amines) is 1. The number of hydrogen-bond acceptors (Lipinski definition) is 5. The summed E-state index contributed by atoms with van der Waals surface area (Å²) in [7, 11) is 0. The van der Waals surface area contributed by atoms with Gasteiger partial charge in [0.15, 0.2) is 0 Å². The van der Waals surface area contributed by atoms with Crippen LogP contribution in [0, 0.1) is 18.8 Å². The molecule has 4 atom stereocenters. The van der Waals surface area contributed by atoms with E-state index < -0.39 is 5.63 Å². The van der Waals surface area contributed by atoms with E-state index in [1.807, 2.05) is 13.0 Å². The Morgan fingerprint density at radius 2 is 2.00 bits per heavy atom. The van der Waals surface area contributed by atoms with Crippen molar-refractivity contribution in [1.29, 1.82) is 0 Å². The minimum absolute atomic E-state index is 0.0672. The monoisotopic (exact) mass is 516 g/mol. The summed E-state index contributed by atoms with van der Waals surface area (Å²) in [5.74, 6) is 2.01. The standard InChI is InChI=1S/C32H40N2O4/c1-19-24-15-20-9-10-32(2,3)38-27(20)17-28(24)37-31(36)25(19)16-29(35)34-12-6-7-21-13-22-14-23(30(21)34)18-33-11-5-4-8-26(22)33/h13,15,17,22-23,26,30H,4-12,14,16,18H2,1-3H3/t22-,23-,26-,30-/m0/s1. The van der Waals surface area contributed by atoms with E-state index in [2.05, 4.69) is 35.8 Å². The maximum absolute atomic E-state index is 13.9. The van der Waals surface area contributed by atoms with Gasteiger partial charge in [0.1, 0.15) is 16.9 Å². The second-order valence-electron chi connectivity index (χ2n) is 13.1. The zero-order chi connectivity index (χ0) is 26.2. The van der Waals surface area contributed by atoms with Crippen LogP contribution in [0.4, 0.5) is 0 Å². The van der Waals surface area contributed by atoms with Crippen LogP contribution >= 0.6 is 0 Å². The topological polar surface area (TPSA) is 63.0 Å². The van der Waals surface area contributed by atoms with E-state index >= 15 is 0 Å². The molecule has 5 aliphatic rings. The number of amides is 1. The number of hydrogen-bond donors (Lipinski definition) is 0. The highest BCUT2D eigenvalue weighted by atomic mass is 16.5. The van der Waals surface area contributed by atoms with Crippen molar-refractivity contribution in [3.63, 3.8) is 0 Å². The molecular formula is C32H40N2O4. The van der Waals surface area contributed by atoms with E-state index in [-0.39, 0.29) is 24.0 Å². The Morgan fingerprint density at radius 1 is 1.13 bits per heavy atom. The molecule has 0 radical (unpaired) electrons. The number of carbonyl (C=O) groups excluding carboxylic acids is 1. The lowest BCUT2D eigenvalue weighted by Gasteiger charge is -2.54. The minimum atomic E-state index is -0.399. The van der Waals surface area contributed by atoms with E-state index in [1.165, 1.54) is 37.8 Å². The van der Waals surface area contributed by atoms with Crippen LogP contribution in [0.25, 0.3) is 11.0 Å². The zero-order valence-electron chi connectivity index (χ0n) is 23.1. The normalized spacial score (nSPS) is 30.1. The predicted octanol–water partition coefficient (Wildman–Crippen LogP) is 5.17. The first-order valence-corrected chi connectivity index (χ1v) is 14.8. The number of benzene rings is 1. The summed E-state index contributed by atoms with van der Waals surface area (Å²) in [6.07, 6.45) is 11.8. The molecule has 4 aliphatic heterocycles. The maximum atomic E-state index is 13.9. The molecule has 0 unspecified atom stereocenters. The smallest absolute Gasteiger partial charge is 0.340 e. The van der Waals surface area contributed by atoms with Crippen molar-refractivity contribution in [3.05, 3.63) is 50.9 Å². The molecule has 2 bridgehead atoms. The van der Waals surface area contributed by atoms with Gasteiger partial charge in [-0.2, -0.15) is 0 Å². The molecule has 1 aromatic carbocycles. The van der Waals surface area contributed by atoms with Crippen LogP contribution in [0.3, 0.4) is 0 Å². The third kappa shape index (κ3) is 4.02. The minimum Gasteiger partial charge on any atom is -0.487 e. The van der Waals surface area contributed by atoms with Gasteiger partial charge in [-0.25, -0.2) is 4.79 Å². The van der Waals surface area contributed by atoms with Crippen molar-refractivity contribution in [3.8, 4) is 5.75 Å². The van der Waals surface area contributed by atoms with Crippen LogP contribution in [-0.2, 0) is 17.6 Å². The molecule has 0 saturated carbocycles. The Labute approximate surface area is 225 Å². The van der Waals surface area contributed by atoms with Crippen molar-refractivity contribution in [2.45, 2.75) is 96.2 Å². The van der Waals surface area contributed by atoms with E-state index in [4.69, 9.17) is 9.15 Å². The Kier molecular flexibility index (Phi) is 5.77. The summed E-state index contributed by atoms with van der Waals surface area (Å²) < 4.78 is 12.0. The van der Waals surface area contributed by atoms with Gasteiger partial charge >= 0.3 is 5.63 Å². The number of nitrogens with zero attached hydrogens (tertiary/aromatic N) is 2. The third-order valence-electron chi connectivity index (χ3n) is 10.2. The van der Waals surface area contributed by atoms with Crippen LogP contribution in [0.1, 0.15) is 75.5 Å². The Bertz CT molecular complexity index is 1390. The number of piperidine rings is 3. The summed E-state index contributed by atoms with van der Waals surface area (Å²) in [6, 6.07) is 4.86. The van der Waals surface area contributed by atoms with Gasteiger partial charge in [-0.15, -0.1) is 0 Å². The first-order valence-electron chi connectivity index (χ1n) is 14.8. The number of rotatable bonds is 2. The van der Waals surface area contributed by atoms with Crippen molar-refractivity contribution in [2.24, 2.45) is 11.8 Å². The average molecular weight is 517 g/mol. The van der Waals surface area contributed by atoms with E-state index in [0.29, 0.717) is 29.0 Å². The van der Waals surface area contributed by atoms with Crippen molar-refractivity contribution >= 4 is 16.9 Å². The van der Waals surface area contributed by atoms with Gasteiger partial charge in [0.25, 0.3) is 0 Å². The first-order chi connectivity index (χ1) is 18.3. The highest BCUT2D eigenvalue weighted by Gasteiger charge is 2.47. The molecule has 5 heterocycles. The van der Waals surface area contributed by atoms with Crippen molar-refractivity contribution in [1.82, 2.24) is 9.80 Å². The maximum Gasteiger partial charge on any atom is 0.340 e. The van der Waals surface area contributed by atoms with Gasteiger partial charge in [-0.05, 0) is 101 Å². The van der Waals surface area contributed by atoms with Gasteiger partial charge in [0.05, 0.1) is 18.0 Å². The summed E-state index contributed by atoms with van der Waals surface area (Å²) >= 11 is 0. The fraction of sp³-hybridized carbons (Fsp3) is 0.625. The molecule has 6 heteroatoms. The van der Waals surface area contributed by atoms with Gasteiger partial charge in [0.2, 0.25) is 5.91 Å². The molecule has 1 amide bonds. The highest BCUT2D eigenvalue weighted by Crippen LogP contribution is 2.45. The number of ether oxygens (including phenoxy) is 1. The Hall–Kier alpha value is -2.60. The van der Waals surface area contributed by atoms with E-state index in [0.717, 1.165) is 61.0 Å². The summed E-state index contributed by atoms with van der Waals surface area (Å²) in [4.78, 5) is 31.9. The van der Waals surface area contributed by atoms with Gasteiger partial charge in [-0.1, -0.05) is 18.1 Å². The zero-order valence-corrected chi connectivity index (χ0v) is 23.1. The van der Waals surface area contributed by atoms with Gasteiger partial charge in [0, 0.05) is 30.6 Å². The Morgan fingerprint density at radius 3 is 2.87 bits per heavy atom. The largest absolute Gasteiger partial charge is 0.487 e. The summed E-state index contributed by atoms with van der Waals surface area (Å²) in [5, 5.41) is 0.914. The van der Waals surface area contributed by atoms with Gasteiger partial charge in [-0.3, -0.25) is 9.69 Å². The lowest BCUT2D eigenvalue weighted by Crippen LogP contribution is -2.60. The second-order valence-corrected chi connectivity index (χ2v) is 13.1. The summed E-state index contributed by atoms with van der Waals surface area (Å²) in [5.41, 5.74) is 3.90. The predicted molar refractivity (Wildman–Crippen MR) is 148 cm³/mol. The molecule has 3 fully saturated rings. The molecular weight excluding hydrogens is 476 g/mol. The molecule has 1 aliphatic carbocycles. The third-order valence-corrected chi connectivity index (χ3v) is 10.2. The number of fused-ring (bicyclic) bond motifs is 8. The van der Waals surface area contributed by atoms with Crippen LogP contribution in [-0.4, -0.2) is 53.0 Å². The van der Waals surface area contributed by atoms with Crippen LogP contribution in [0.5, 0.6) is 5.75 Å². The molecule has 7 rings (SSSR count). The van der Waals surface area contributed by atoms with Crippen molar-refractivity contribution in [2.75, 3.05) is 19.6 Å². The molecule has 6 nitrogen and oxygen atoms in total. The molecule has 3 saturated heterocycles. The van der Waals surface area contributed by atoms with Crippen LogP contribution in [0.2, 0.25) is 0 Å². The first kappa shape index (κ1) is 24.4. The molecule has 1 aromatic heterocycles. The van der Waals surface area contributed by atoms with E-state index in [1.54, 1.807) is 0 Å². The molecule has 202 valence electrons. The average Bonchev–Trinajstić information content (AvgIpc) is 2.89. The molecule has 38 heavy (non-hydrogen) atoms. The second kappa shape index (κ2) is 8.97. The molecule has 0 N–H and O–H groups in total. The Balaban J connectivity index is 1.18. The highest BCUT2D eigenvalue weighted by molar-refractivity contribution is 5.86. The molecule has 0 spiro atoms. The number of aryl methyl sites for hydroxylation is 2. The fourth-order valence-corrected chi connectivity index (χ4v) is 8.25. The van der Waals surface area contributed by atoms with Gasteiger partial charge < -0.3 is 14.1 Å². The summed E-state index contributed by atoms with van der Waals surface area (Å²) in [6.45, 7) is 9.22. The van der Waals surface area contributed by atoms with E-state index in [9.17, 15) is 9.59 Å². The van der Waals surface area contributed by atoms with Crippen LogP contribution < -0.4 is 10.4 Å². The van der Waals surface area contributed by atoms with Crippen LogP contribution in [0.15, 0.2) is 33.0 Å². The number of carbonyl (C=O) groups is 1. The quantitative estimate of drug-likeness (QED) is 0.407. The lowest BCUT2D eigenvalue weighted by atomic mass is 9.68. The fourth-order valence-electron chi connectivity index (χ4n) is 8.25. The van der Waals surface area contributed by atoms with Crippen molar-refractivity contribution < 1.29 is 13.9 Å². The SMILES string of the molecule is Cc1c(CC(=O)N2CCCC3=C[C@H]4C[C@@H](CN5CCCC[C@@H]45)[C@H]32)c(=O)oc2cc3c(cc12)CCC(C)(C)O3. The molecule has 2 aromatic rings.